The van der Waals surface area contributed by atoms with Gasteiger partial charge in [-0.15, -0.1) is 12.4 Å². The number of rotatable bonds is 3. The summed E-state index contributed by atoms with van der Waals surface area (Å²) in [7, 11) is -3.37. The number of piperidine rings is 1. The van der Waals surface area contributed by atoms with Crippen LogP contribution in [0, 0.1) is 11.8 Å². The fourth-order valence-corrected chi connectivity index (χ4v) is 2.52. The lowest BCUT2D eigenvalue weighted by atomic mass is 10.2. The molecule has 0 aromatic heterocycles. The van der Waals surface area contributed by atoms with Crippen LogP contribution in [-0.4, -0.2) is 44.5 Å². The lowest BCUT2D eigenvalue weighted by molar-refractivity contribution is -0.123. The minimum Gasteiger partial charge on any atom is -0.351 e. The summed E-state index contributed by atoms with van der Waals surface area (Å²) in [6.07, 6.45) is 1.10. The molecule has 0 aromatic rings. The predicted octanol–water partition coefficient (Wildman–Crippen LogP) is -0.435. The highest BCUT2D eigenvalue weighted by Crippen LogP contribution is 2.41. The van der Waals surface area contributed by atoms with Gasteiger partial charge in [0.1, 0.15) is 4.75 Å². The Morgan fingerprint density at radius 3 is 2.18 bits per heavy atom. The van der Waals surface area contributed by atoms with Gasteiger partial charge in [-0.1, -0.05) is 0 Å². The molecular weight excluding hydrogens is 264 g/mol. The molecule has 2 N–H and O–H groups in total. The summed E-state index contributed by atoms with van der Waals surface area (Å²) in [4.78, 5) is 11.9. The summed E-state index contributed by atoms with van der Waals surface area (Å²) in [5, 5.41) is 6.07. The van der Waals surface area contributed by atoms with E-state index in [1.807, 2.05) is 0 Å². The van der Waals surface area contributed by atoms with Gasteiger partial charge in [0.2, 0.25) is 5.91 Å². The van der Waals surface area contributed by atoms with Crippen LogP contribution in [0.5, 0.6) is 0 Å². The lowest BCUT2D eigenvalue weighted by Gasteiger charge is -2.22. The van der Waals surface area contributed by atoms with E-state index >= 15 is 0 Å². The Kier molecular flexibility index (Phi) is 3.82. The molecule has 1 saturated carbocycles. The molecule has 2 unspecified atom stereocenters. The number of carbonyl (C=O) groups excluding carboxylic acids is 1. The van der Waals surface area contributed by atoms with E-state index in [0.29, 0.717) is 11.8 Å². The summed E-state index contributed by atoms with van der Waals surface area (Å²) in [6, 6.07) is 0.176. The second-order valence-electron chi connectivity index (χ2n) is 5.27. The van der Waals surface area contributed by atoms with Gasteiger partial charge < -0.3 is 10.6 Å². The molecule has 1 aliphatic carbocycles. The quantitative estimate of drug-likeness (QED) is 0.736. The van der Waals surface area contributed by atoms with Crippen molar-refractivity contribution in [3.63, 3.8) is 0 Å². The van der Waals surface area contributed by atoms with Gasteiger partial charge in [0, 0.05) is 25.4 Å². The van der Waals surface area contributed by atoms with E-state index < -0.39 is 14.6 Å². The van der Waals surface area contributed by atoms with Crippen molar-refractivity contribution >= 4 is 28.2 Å². The van der Waals surface area contributed by atoms with Crippen molar-refractivity contribution in [2.24, 2.45) is 11.8 Å². The molecule has 5 nitrogen and oxygen atoms in total. The van der Waals surface area contributed by atoms with Crippen LogP contribution in [-0.2, 0) is 14.6 Å². The van der Waals surface area contributed by atoms with Gasteiger partial charge in [0.15, 0.2) is 9.84 Å². The van der Waals surface area contributed by atoms with Gasteiger partial charge in [0.25, 0.3) is 0 Å². The molecule has 100 valence electrons. The van der Waals surface area contributed by atoms with Gasteiger partial charge in [0.05, 0.1) is 0 Å². The Morgan fingerprint density at radius 1 is 1.29 bits per heavy atom. The largest absolute Gasteiger partial charge is 0.351 e. The van der Waals surface area contributed by atoms with Gasteiger partial charge in [-0.25, -0.2) is 8.42 Å². The molecule has 2 rings (SSSR count). The van der Waals surface area contributed by atoms with Crippen molar-refractivity contribution in [2.75, 3.05) is 19.3 Å². The summed E-state index contributed by atoms with van der Waals surface area (Å²) >= 11 is 0. The zero-order valence-corrected chi connectivity index (χ0v) is 11.8. The normalized spacial score (nSPS) is 31.4. The number of nitrogens with one attached hydrogen (secondary N) is 2. The Bertz CT molecular complexity index is 411. The first-order chi connectivity index (χ1) is 7.25. The molecule has 1 saturated heterocycles. The van der Waals surface area contributed by atoms with Crippen LogP contribution < -0.4 is 10.6 Å². The van der Waals surface area contributed by atoms with Crippen molar-refractivity contribution in [3.05, 3.63) is 0 Å². The number of halogens is 1. The van der Waals surface area contributed by atoms with Crippen LogP contribution in [0.25, 0.3) is 0 Å². The Hall–Kier alpha value is -0.330. The molecule has 1 amide bonds. The highest BCUT2D eigenvalue weighted by Gasteiger charge is 2.55. The predicted molar refractivity (Wildman–Crippen MR) is 68.0 cm³/mol. The number of hydrogen-bond donors (Lipinski definition) is 2. The maximum absolute atomic E-state index is 11.9. The SMILES string of the molecule is CC(C)(C(=O)NC1C2CNCC21)S(C)(=O)=O.Cl. The van der Waals surface area contributed by atoms with Gasteiger partial charge >= 0.3 is 0 Å². The summed E-state index contributed by atoms with van der Waals surface area (Å²) < 4.78 is 21.6. The summed E-state index contributed by atoms with van der Waals surface area (Å²) in [5.41, 5.74) is 0. The van der Waals surface area contributed by atoms with E-state index in [-0.39, 0.29) is 24.4 Å². The fourth-order valence-electron chi connectivity index (χ4n) is 2.13. The third-order valence-electron chi connectivity index (χ3n) is 3.86. The zero-order valence-electron chi connectivity index (χ0n) is 10.2. The third-order valence-corrected chi connectivity index (χ3v) is 5.90. The number of fused-ring (bicyclic) bond motifs is 1. The Balaban J connectivity index is 0.00000144. The highest BCUT2D eigenvalue weighted by atomic mass is 35.5. The first-order valence-corrected chi connectivity index (χ1v) is 7.35. The van der Waals surface area contributed by atoms with Gasteiger partial charge in [-0.3, -0.25) is 4.79 Å². The minimum atomic E-state index is -3.37. The van der Waals surface area contributed by atoms with Crippen LogP contribution >= 0.6 is 12.4 Å². The summed E-state index contributed by atoms with van der Waals surface area (Å²) in [5.74, 6) is 0.619. The topological polar surface area (TPSA) is 75.3 Å². The molecule has 0 radical (unpaired) electrons. The fraction of sp³-hybridized carbons (Fsp3) is 0.900. The Morgan fingerprint density at radius 2 is 1.76 bits per heavy atom. The van der Waals surface area contributed by atoms with Gasteiger partial charge in [-0.2, -0.15) is 0 Å². The Labute approximate surface area is 108 Å². The van der Waals surface area contributed by atoms with E-state index in [9.17, 15) is 13.2 Å². The molecule has 1 aliphatic heterocycles. The number of hydrogen-bond acceptors (Lipinski definition) is 4. The first-order valence-electron chi connectivity index (χ1n) is 5.46. The van der Waals surface area contributed by atoms with E-state index in [2.05, 4.69) is 10.6 Å². The van der Waals surface area contributed by atoms with Crippen LogP contribution in [0.15, 0.2) is 0 Å². The molecule has 0 spiro atoms. The lowest BCUT2D eigenvalue weighted by Crippen LogP contribution is -2.49. The summed E-state index contributed by atoms with van der Waals surface area (Å²) in [6.45, 7) is 4.76. The van der Waals surface area contributed by atoms with Gasteiger partial charge in [-0.05, 0) is 25.7 Å². The third kappa shape index (κ3) is 2.44. The minimum absolute atomic E-state index is 0. The zero-order chi connectivity index (χ0) is 12.1. The average molecular weight is 283 g/mol. The molecule has 0 aromatic carbocycles. The van der Waals surface area contributed by atoms with Crippen molar-refractivity contribution in [1.82, 2.24) is 10.6 Å². The number of sulfone groups is 1. The molecule has 2 atom stereocenters. The first kappa shape index (κ1) is 14.7. The molecule has 1 heterocycles. The molecule has 0 bridgehead atoms. The maximum atomic E-state index is 11.9. The average Bonchev–Trinajstić information content (AvgIpc) is 2.61. The van der Waals surface area contributed by atoms with Crippen molar-refractivity contribution in [1.29, 1.82) is 0 Å². The van der Waals surface area contributed by atoms with E-state index in [1.165, 1.54) is 13.8 Å². The van der Waals surface area contributed by atoms with Crippen LogP contribution in [0.1, 0.15) is 13.8 Å². The smallest absolute Gasteiger partial charge is 0.241 e. The van der Waals surface area contributed by atoms with E-state index in [0.717, 1.165) is 19.3 Å². The van der Waals surface area contributed by atoms with Crippen molar-refractivity contribution in [2.45, 2.75) is 24.6 Å². The highest BCUT2D eigenvalue weighted by molar-refractivity contribution is 7.92. The monoisotopic (exact) mass is 282 g/mol. The van der Waals surface area contributed by atoms with Crippen LogP contribution in [0.2, 0.25) is 0 Å². The van der Waals surface area contributed by atoms with Crippen molar-refractivity contribution in [3.8, 4) is 0 Å². The van der Waals surface area contributed by atoms with Crippen LogP contribution in [0.3, 0.4) is 0 Å². The maximum Gasteiger partial charge on any atom is 0.241 e. The van der Waals surface area contributed by atoms with Crippen LogP contribution in [0.4, 0.5) is 0 Å². The number of amides is 1. The molecular formula is C10H19ClN2O3S. The molecule has 17 heavy (non-hydrogen) atoms. The van der Waals surface area contributed by atoms with Crippen molar-refractivity contribution < 1.29 is 13.2 Å². The standard InChI is InChI=1S/C10H18N2O3S.ClH/c1-10(2,16(3,14)15)9(13)12-8-6-4-11-5-7(6)8;/h6-8,11H,4-5H2,1-3H3,(H,12,13);1H. The second kappa shape index (κ2) is 4.40. The number of carbonyl (C=O) groups is 1. The molecule has 7 heteroatoms. The molecule has 2 aliphatic rings. The van der Waals surface area contributed by atoms with E-state index in [4.69, 9.17) is 0 Å². The second-order valence-corrected chi connectivity index (χ2v) is 7.83. The molecule has 2 fully saturated rings. The van der Waals surface area contributed by atoms with E-state index in [1.54, 1.807) is 0 Å².